The maximum atomic E-state index is 13.1. The molecule has 2 aromatic rings. The van der Waals surface area contributed by atoms with Crippen molar-refractivity contribution in [3.63, 3.8) is 0 Å². The molecule has 1 saturated carbocycles. The normalized spacial score (nSPS) is 15.9. The van der Waals surface area contributed by atoms with Crippen LogP contribution in [-0.2, 0) is 24.8 Å². The number of unbranched alkanes of at least 4 members (excludes halogenated alkanes) is 1. The van der Waals surface area contributed by atoms with E-state index in [1.54, 1.807) is 36.4 Å². The first kappa shape index (κ1) is 28.3. The molecule has 0 bridgehead atoms. The van der Waals surface area contributed by atoms with Gasteiger partial charge in [0, 0.05) is 12.6 Å². The smallest absolute Gasteiger partial charge is 0.241 e. The zero-order valence-corrected chi connectivity index (χ0v) is 22.6. The van der Waals surface area contributed by atoms with Crippen molar-refractivity contribution in [2.75, 3.05) is 6.54 Å². The molecule has 3 N–H and O–H groups in total. The van der Waals surface area contributed by atoms with Gasteiger partial charge in [0.05, 0.1) is 9.79 Å². The molecule has 198 valence electrons. The van der Waals surface area contributed by atoms with Gasteiger partial charge in [0.2, 0.25) is 26.0 Å². The highest BCUT2D eigenvalue weighted by molar-refractivity contribution is 7.89. The second-order valence-corrected chi connectivity index (χ2v) is 13.0. The fraction of sp³-hybridized carbons (Fsp3) is 0.500. The Morgan fingerprint density at radius 1 is 0.806 bits per heavy atom. The molecule has 1 fully saturated rings. The number of nitrogens with one attached hydrogen (secondary N) is 3. The van der Waals surface area contributed by atoms with E-state index in [9.17, 15) is 21.6 Å². The van der Waals surface area contributed by atoms with Crippen LogP contribution in [0, 0.1) is 13.8 Å². The monoisotopic (exact) mass is 535 g/mol. The average Bonchev–Trinajstić information content (AvgIpc) is 2.84. The quantitative estimate of drug-likeness (QED) is 0.359. The van der Waals surface area contributed by atoms with Crippen LogP contribution in [0.15, 0.2) is 58.3 Å². The van der Waals surface area contributed by atoms with Crippen LogP contribution in [0.4, 0.5) is 0 Å². The highest BCUT2D eigenvalue weighted by Crippen LogP contribution is 2.18. The van der Waals surface area contributed by atoms with E-state index in [1.807, 2.05) is 13.8 Å². The Kier molecular flexibility index (Phi) is 10.1. The van der Waals surface area contributed by atoms with Gasteiger partial charge >= 0.3 is 0 Å². The predicted octanol–water partition coefficient (Wildman–Crippen LogP) is 3.55. The lowest BCUT2D eigenvalue weighted by Gasteiger charge is -2.26. The van der Waals surface area contributed by atoms with Crippen molar-refractivity contribution in [3.8, 4) is 0 Å². The van der Waals surface area contributed by atoms with Crippen molar-refractivity contribution >= 4 is 26.0 Å². The fourth-order valence-corrected chi connectivity index (χ4v) is 6.55. The second kappa shape index (κ2) is 12.8. The van der Waals surface area contributed by atoms with Crippen LogP contribution in [-0.4, -0.2) is 41.4 Å². The lowest BCUT2D eigenvalue weighted by molar-refractivity contribution is -0.123. The molecule has 1 aliphatic carbocycles. The van der Waals surface area contributed by atoms with Crippen molar-refractivity contribution < 1.29 is 21.6 Å². The molecular formula is C26H37N3O5S2. The minimum Gasteiger partial charge on any atom is -0.352 e. The van der Waals surface area contributed by atoms with E-state index in [0.29, 0.717) is 12.8 Å². The molecule has 1 aliphatic rings. The molecule has 36 heavy (non-hydrogen) atoms. The van der Waals surface area contributed by atoms with E-state index in [0.717, 1.165) is 43.2 Å². The molecule has 10 heteroatoms. The molecule has 8 nitrogen and oxygen atoms in total. The summed E-state index contributed by atoms with van der Waals surface area (Å²) in [4.78, 5) is 13.4. The minimum absolute atomic E-state index is 0.0546. The minimum atomic E-state index is -3.89. The number of hydrogen-bond donors (Lipinski definition) is 3. The van der Waals surface area contributed by atoms with Gasteiger partial charge in [0.15, 0.2) is 0 Å². The largest absolute Gasteiger partial charge is 0.352 e. The van der Waals surface area contributed by atoms with E-state index < -0.39 is 26.1 Å². The highest BCUT2D eigenvalue weighted by atomic mass is 32.2. The molecule has 0 unspecified atom stereocenters. The van der Waals surface area contributed by atoms with Gasteiger partial charge in [-0.25, -0.2) is 21.6 Å². The maximum Gasteiger partial charge on any atom is 0.241 e. The molecule has 3 rings (SSSR count). The highest BCUT2D eigenvalue weighted by Gasteiger charge is 2.27. The number of carbonyl (C=O) groups excluding carboxylic acids is 1. The first-order valence-electron chi connectivity index (χ1n) is 12.5. The molecule has 0 spiro atoms. The van der Waals surface area contributed by atoms with E-state index in [4.69, 9.17) is 0 Å². The Hall–Kier alpha value is -2.27. The standard InChI is InChI=1S/C26H37N3O5S2/c1-20-11-15-23(16-12-20)35(31,32)27-19-7-6-10-25(26(30)28-22-8-4-3-5-9-22)29-36(33,34)24-17-13-21(2)14-18-24/h11-18,22,25,27,29H,3-10,19H2,1-2H3,(H,28,30)/t25-/m0/s1. The lowest BCUT2D eigenvalue weighted by Crippen LogP contribution is -2.50. The summed E-state index contributed by atoms with van der Waals surface area (Å²) >= 11 is 0. The summed E-state index contributed by atoms with van der Waals surface area (Å²) in [7, 11) is -7.51. The van der Waals surface area contributed by atoms with Gasteiger partial charge in [0.1, 0.15) is 6.04 Å². The Bertz CT molecular complexity index is 1210. The Morgan fingerprint density at radius 3 is 1.89 bits per heavy atom. The fourth-order valence-electron chi connectivity index (χ4n) is 4.25. The summed E-state index contributed by atoms with van der Waals surface area (Å²) < 4.78 is 56.0. The Balaban J connectivity index is 1.60. The van der Waals surface area contributed by atoms with Crippen LogP contribution in [0.25, 0.3) is 0 Å². The predicted molar refractivity (Wildman–Crippen MR) is 141 cm³/mol. The summed E-state index contributed by atoms with van der Waals surface area (Å²) in [6, 6.07) is 12.2. The third-order valence-electron chi connectivity index (χ3n) is 6.44. The van der Waals surface area contributed by atoms with E-state index in [2.05, 4.69) is 14.8 Å². The van der Waals surface area contributed by atoms with Crippen molar-refractivity contribution in [1.82, 2.24) is 14.8 Å². The molecule has 0 saturated heterocycles. The van der Waals surface area contributed by atoms with Crippen LogP contribution in [0.1, 0.15) is 62.5 Å². The molecule has 1 amide bonds. The van der Waals surface area contributed by atoms with Gasteiger partial charge in [-0.1, -0.05) is 61.1 Å². The maximum absolute atomic E-state index is 13.1. The number of benzene rings is 2. The lowest BCUT2D eigenvalue weighted by atomic mass is 9.95. The summed E-state index contributed by atoms with van der Waals surface area (Å²) in [5.41, 5.74) is 1.91. The summed E-state index contributed by atoms with van der Waals surface area (Å²) in [6.07, 6.45) is 6.22. The zero-order valence-electron chi connectivity index (χ0n) is 21.0. The van der Waals surface area contributed by atoms with Crippen LogP contribution in [0.3, 0.4) is 0 Å². The van der Waals surface area contributed by atoms with Gasteiger partial charge in [-0.05, 0) is 63.8 Å². The van der Waals surface area contributed by atoms with Crippen LogP contribution >= 0.6 is 0 Å². The van der Waals surface area contributed by atoms with Crippen LogP contribution in [0.2, 0.25) is 0 Å². The Labute approximate surface area is 215 Å². The number of rotatable bonds is 12. The summed E-state index contributed by atoms with van der Waals surface area (Å²) in [6.45, 7) is 3.95. The van der Waals surface area contributed by atoms with Gasteiger partial charge in [0.25, 0.3) is 0 Å². The SMILES string of the molecule is Cc1ccc(S(=O)(=O)NCCCC[C@H](NS(=O)(=O)c2ccc(C)cc2)C(=O)NC2CCCCC2)cc1. The second-order valence-electron chi connectivity index (χ2n) is 9.54. The van der Waals surface area contributed by atoms with Gasteiger partial charge in [-0.3, -0.25) is 4.79 Å². The van der Waals surface area contributed by atoms with E-state index in [1.165, 1.54) is 12.1 Å². The number of amides is 1. The van der Waals surface area contributed by atoms with Crippen molar-refractivity contribution in [3.05, 3.63) is 59.7 Å². The van der Waals surface area contributed by atoms with Gasteiger partial charge in [-0.15, -0.1) is 0 Å². The van der Waals surface area contributed by atoms with Crippen LogP contribution in [0.5, 0.6) is 0 Å². The third kappa shape index (κ3) is 8.40. The first-order chi connectivity index (χ1) is 17.1. The number of sulfonamides is 2. The number of hydrogen-bond acceptors (Lipinski definition) is 5. The molecule has 0 heterocycles. The zero-order chi connectivity index (χ0) is 26.2. The third-order valence-corrected chi connectivity index (χ3v) is 9.40. The molecule has 1 atom stereocenters. The molecule has 0 aromatic heterocycles. The van der Waals surface area contributed by atoms with Crippen LogP contribution < -0.4 is 14.8 Å². The van der Waals surface area contributed by atoms with E-state index >= 15 is 0 Å². The van der Waals surface area contributed by atoms with Crippen molar-refractivity contribution in [1.29, 1.82) is 0 Å². The molecule has 0 aliphatic heterocycles. The summed E-state index contributed by atoms with van der Waals surface area (Å²) in [5, 5.41) is 3.02. The van der Waals surface area contributed by atoms with Crippen molar-refractivity contribution in [2.45, 2.75) is 87.1 Å². The van der Waals surface area contributed by atoms with Gasteiger partial charge < -0.3 is 5.32 Å². The average molecular weight is 536 g/mol. The van der Waals surface area contributed by atoms with E-state index in [-0.39, 0.29) is 34.7 Å². The van der Waals surface area contributed by atoms with Crippen molar-refractivity contribution in [2.24, 2.45) is 0 Å². The number of carbonyl (C=O) groups is 1. The molecule has 2 aromatic carbocycles. The molecular weight excluding hydrogens is 498 g/mol. The molecule has 0 radical (unpaired) electrons. The summed E-state index contributed by atoms with van der Waals surface area (Å²) in [5.74, 6) is -0.335. The topological polar surface area (TPSA) is 121 Å². The number of aryl methyl sites for hydroxylation is 2. The first-order valence-corrected chi connectivity index (χ1v) is 15.5. The Morgan fingerprint density at radius 2 is 1.33 bits per heavy atom. The van der Waals surface area contributed by atoms with Gasteiger partial charge in [-0.2, -0.15) is 4.72 Å².